The number of carbonyl (C=O) groups excluding carboxylic acids is 2. The van der Waals surface area contributed by atoms with Crippen LogP contribution in [0.4, 0.5) is 0 Å². The smallest absolute Gasteiger partial charge is 0.338 e. The van der Waals surface area contributed by atoms with Gasteiger partial charge in [0.25, 0.3) is 5.91 Å². The molecule has 2 heterocycles. The van der Waals surface area contributed by atoms with E-state index in [1.165, 1.54) is 22.7 Å². The Kier molecular flexibility index (Phi) is 5.12. The number of thiophene rings is 1. The van der Waals surface area contributed by atoms with Crippen LogP contribution in [0.5, 0.6) is 0 Å². The highest BCUT2D eigenvalue weighted by Crippen LogP contribution is 2.20. The number of thiazole rings is 1. The lowest BCUT2D eigenvalue weighted by atomic mass is 10.2. The van der Waals surface area contributed by atoms with Gasteiger partial charge < -0.3 is 9.30 Å². The van der Waals surface area contributed by atoms with Gasteiger partial charge in [0.05, 0.1) is 33.8 Å². The van der Waals surface area contributed by atoms with Crippen molar-refractivity contribution in [2.75, 3.05) is 6.61 Å². The Bertz CT molecular complexity index is 1040. The molecule has 3 aromatic rings. The third-order valence-electron chi connectivity index (χ3n) is 3.37. The van der Waals surface area contributed by atoms with Crippen LogP contribution in [0.3, 0.4) is 0 Å². The van der Waals surface area contributed by atoms with Gasteiger partial charge in [0.1, 0.15) is 0 Å². The average Bonchev–Trinajstić information content (AvgIpc) is 3.24. The topological polar surface area (TPSA) is 60.7 Å². The summed E-state index contributed by atoms with van der Waals surface area (Å²) in [7, 11) is 0. The van der Waals surface area contributed by atoms with Gasteiger partial charge in [-0.05, 0) is 36.6 Å². The van der Waals surface area contributed by atoms with Gasteiger partial charge in [-0.15, -0.1) is 17.8 Å². The molecule has 1 aromatic carbocycles. The number of hydrogen-bond acceptors (Lipinski definition) is 5. The molecular weight excluding hydrogens is 356 g/mol. The first-order valence-corrected chi connectivity index (χ1v) is 9.20. The molecule has 0 saturated heterocycles. The Morgan fingerprint density at radius 2 is 2.20 bits per heavy atom. The number of nitrogens with zero attached hydrogens (tertiary/aromatic N) is 2. The maximum Gasteiger partial charge on any atom is 0.338 e. The summed E-state index contributed by atoms with van der Waals surface area (Å²) < 4.78 is 7.64. The fourth-order valence-corrected chi connectivity index (χ4v) is 3.96. The number of esters is 1. The number of hydrogen-bond donors (Lipinski definition) is 0. The Morgan fingerprint density at radius 1 is 1.36 bits per heavy atom. The van der Waals surface area contributed by atoms with Crippen molar-refractivity contribution < 1.29 is 14.3 Å². The molecule has 0 radical (unpaired) electrons. The Balaban J connectivity index is 2.11. The molecule has 0 spiro atoms. The van der Waals surface area contributed by atoms with Crippen LogP contribution >= 0.6 is 22.7 Å². The van der Waals surface area contributed by atoms with Crippen molar-refractivity contribution in [1.29, 1.82) is 0 Å². The van der Waals surface area contributed by atoms with Crippen LogP contribution in [0.25, 0.3) is 10.2 Å². The minimum absolute atomic E-state index is 0.287. The van der Waals surface area contributed by atoms with Crippen molar-refractivity contribution in [2.45, 2.75) is 13.5 Å². The molecule has 0 N–H and O–H groups in total. The SMILES string of the molecule is C#CCn1c(=NC(=O)c2cccs2)sc2cc(C(=O)OCC)ccc21. The molecule has 25 heavy (non-hydrogen) atoms. The molecule has 0 bridgehead atoms. The zero-order valence-corrected chi connectivity index (χ0v) is 15.0. The normalized spacial score (nSPS) is 11.4. The second-order valence-corrected chi connectivity index (χ2v) is 6.93. The second kappa shape index (κ2) is 7.47. The van der Waals surface area contributed by atoms with E-state index in [2.05, 4.69) is 10.9 Å². The molecule has 0 atom stereocenters. The Hall–Kier alpha value is -2.69. The summed E-state index contributed by atoms with van der Waals surface area (Å²) in [6.07, 6.45) is 5.46. The number of benzene rings is 1. The summed E-state index contributed by atoms with van der Waals surface area (Å²) in [4.78, 5) is 29.5. The first-order valence-electron chi connectivity index (χ1n) is 7.50. The van der Waals surface area contributed by atoms with Crippen molar-refractivity contribution >= 4 is 44.8 Å². The number of rotatable bonds is 4. The van der Waals surface area contributed by atoms with Crippen molar-refractivity contribution in [1.82, 2.24) is 4.57 Å². The summed E-state index contributed by atoms with van der Waals surface area (Å²) in [5, 5.41) is 1.83. The lowest BCUT2D eigenvalue weighted by molar-refractivity contribution is 0.0526. The highest BCUT2D eigenvalue weighted by Gasteiger charge is 2.12. The van der Waals surface area contributed by atoms with Gasteiger partial charge in [-0.1, -0.05) is 23.3 Å². The largest absolute Gasteiger partial charge is 0.462 e. The molecule has 0 aliphatic rings. The number of amides is 1. The van der Waals surface area contributed by atoms with Crippen LogP contribution in [-0.2, 0) is 11.3 Å². The van der Waals surface area contributed by atoms with Gasteiger partial charge >= 0.3 is 5.97 Å². The number of ether oxygens (including phenoxy) is 1. The third-order valence-corrected chi connectivity index (χ3v) is 5.27. The molecule has 126 valence electrons. The molecule has 0 unspecified atom stereocenters. The fraction of sp³-hybridized carbons (Fsp3) is 0.167. The molecule has 0 aliphatic heterocycles. The molecule has 0 aliphatic carbocycles. The number of carbonyl (C=O) groups is 2. The Labute approximate surface area is 152 Å². The lowest BCUT2D eigenvalue weighted by Gasteiger charge is -2.03. The maximum absolute atomic E-state index is 12.3. The monoisotopic (exact) mass is 370 g/mol. The van der Waals surface area contributed by atoms with Crippen LogP contribution < -0.4 is 4.80 Å². The molecule has 0 saturated carbocycles. The number of fused-ring (bicyclic) bond motifs is 1. The quantitative estimate of drug-likeness (QED) is 0.523. The van der Waals surface area contributed by atoms with E-state index in [0.717, 1.165) is 10.2 Å². The fourth-order valence-electron chi connectivity index (χ4n) is 2.29. The molecule has 5 nitrogen and oxygen atoms in total. The van der Waals surface area contributed by atoms with Crippen molar-refractivity contribution in [3.05, 3.63) is 51.0 Å². The first-order chi connectivity index (χ1) is 12.1. The van der Waals surface area contributed by atoms with Gasteiger partial charge in [0.15, 0.2) is 4.80 Å². The second-order valence-electron chi connectivity index (χ2n) is 4.97. The van der Waals surface area contributed by atoms with E-state index in [-0.39, 0.29) is 18.4 Å². The molecule has 0 fully saturated rings. The number of aromatic nitrogens is 1. The van der Waals surface area contributed by atoms with E-state index in [4.69, 9.17) is 11.2 Å². The minimum Gasteiger partial charge on any atom is -0.462 e. The van der Waals surface area contributed by atoms with E-state index >= 15 is 0 Å². The standard InChI is InChI=1S/C18H14N2O3S2/c1-3-9-20-13-8-7-12(17(22)23-4-2)11-15(13)25-18(20)19-16(21)14-6-5-10-24-14/h1,5-8,10-11H,4,9H2,2H3. The van der Waals surface area contributed by atoms with Crippen molar-refractivity contribution in [3.8, 4) is 12.3 Å². The van der Waals surface area contributed by atoms with Crippen molar-refractivity contribution in [3.63, 3.8) is 0 Å². The van der Waals surface area contributed by atoms with Crippen LogP contribution in [0.15, 0.2) is 40.7 Å². The van der Waals surface area contributed by atoms with E-state index in [0.29, 0.717) is 21.8 Å². The molecular formula is C18H14N2O3S2. The zero-order valence-electron chi connectivity index (χ0n) is 13.4. The molecule has 3 rings (SSSR count). The highest BCUT2D eigenvalue weighted by molar-refractivity contribution is 7.16. The van der Waals surface area contributed by atoms with E-state index in [9.17, 15) is 9.59 Å². The predicted molar refractivity (Wildman–Crippen MR) is 98.8 cm³/mol. The Morgan fingerprint density at radius 3 is 2.88 bits per heavy atom. The highest BCUT2D eigenvalue weighted by atomic mass is 32.1. The summed E-state index contributed by atoms with van der Waals surface area (Å²) in [6.45, 7) is 2.36. The predicted octanol–water partition coefficient (Wildman–Crippen LogP) is 3.32. The van der Waals surface area contributed by atoms with Crippen LogP contribution in [0, 0.1) is 12.3 Å². The van der Waals surface area contributed by atoms with Crippen LogP contribution in [0.1, 0.15) is 27.0 Å². The minimum atomic E-state index is -0.380. The lowest BCUT2D eigenvalue weighted by Crippen LogP contribution is -2.16. The van der Waals surface area contributed by atoms with E-state index < -0.39 is 0 Å². The van der Waals surface area contributed by atoms with Crippen LogP contribution in [-0.4, -0.2) is 23.1 Å². The molecule has 2 aromatic heterocycles. The first kappa shape index (κ1) is 17.1. The van der Waals surface area contributed by atoms with Gasteiger partial charge in [0, 0.05) is 0 Å². The summed E-state index contributed by atoms with van der Waals surface area (Å²) in [6, 6.07) is 8.75. The van der Waals surface area contributed by atoms with Crippen molar-refractivity contribution in [2.24, 2.45) is 4.99 Å². The summed E-state index contributed by atoms with van der Waals surface area (Å²) in [5.41, 5.74) is 1.29. The summed E-state index contributed by atoms with van der Waals surface area (Å²) >= 11 is 2.65. The zero-order chi connectivity index (χ0) is 17.8. The van der Waals surface area contributed by atoms with Crippen LogP contribution in [0.2, 0.25) is 0 Å². The summed E-state index contributed by atoms with van der Waals surface area (Å²) in [5.74, 6) is 1.89. The van der Waals surface area contributed by atoms with Gasteiger partial charge in [-0.3, -0.25) is 4.79 Å². The van der Waals surface area contributed by atoms with Gasteiger partial charge in [-0.2, -0.15) is 4.99 Å². The molecule has 1 amide bonds. The van der Waals surface area contributed by atoms with E-state index in [1.807, 2.05) is 5.38 Å². The maximum atomic E-state index is 12.3. The van der Waals surface area contributed by atoms with E-state index in [1.54, 1.807) is 41.8 Å². The molecule has 7 heteroatoms. The van der Waals surface area contributed by atoms with Gasteiger partial charge in [-0.25, -0.2) is 4.79 Å². The van der Waals surface area contributed by atoms with Gasteiger partial charge in [0.2, 0.25) is 0 Å². The average molecular weight is 370 g/mol. The third kappa shape index (κ3) is 3.55. The number of terminal acetylenes is 1.